The van der Waals surface area contributed by atoms with Crippen LogP contribution in [0.3, 0.4) is 0 Å². The molecule has 0 amide bonds. The maximum atomic E-state index is 6.02. The Morgan fingerprint density at radius 1 is 1.26 bits per heavy atom. The van der Waals surface area contributed by atoms with E-state index in [9.17, 15) is 0 Å². The van der Waals surface area contributed by atoms with Gasteiger partial charge >= 0.3 is 0 Å². The third kappa shape index (κ3) is 3.28. The molecule has 3 nitrogen and oxygen atoms in total. The molecule has 19 heavy (non-hydrogen) atoms. The molecule has 2 rings (SSSR count). The Morgan fingerprint density at radius 2 is 2.05 bits per heavy atom. The Hall–Kier alpha value is -1.07. The highest BCUT2D eigenvalue weighted by atomic mass is 79.9. The molecule has 0 aromatic heterocycles. The van der Waals surface area contributed by atoms with E-state index in [0.717, 1.165) is 21.3 Å². The standard InChI is InChI=1S/C14H14BrClN2O/c1-19-13-8-10(15)5-6-12(13)14(18-17)9-3-2-4-11(16)7-9/h2-8,14,18H,17H2,1H3. The molecular formula is C14H14BrClN2O. The summed E-state index contributed by atoms with van der Waals surface area (Å²) in [6.45, 7) is 0. The van der Waals surface area contributed by atoms with Crippen LogP contribution in [0, 0.1) is 0 Å². The van der Waals surface area contributed by atoms with Gasteiger partial charge in [-0.3, -0.25) is 5.84 Å². The first-order valence-corrected chi connectivity index (χ1v) is 6.88. The molecule has 0 aliphatic rings. The summed E-state index contributed by atoms with van der Waals surface area (Å²) in [6, 6.07) is 13.2. The summed E-state index contributed by atoms with van der Waals surface area (Å²) >= 11 is 9.45. The van der Waals surface area contributed by atoms with Crippen LogP contribution in [-0.4, -0.2) is 7.11 Å². The highest BCUT2D eigenvalue weighted by molar-refractivity contribution is 9.10. The second-order valence-electron chi connectivity index (χ2n) is 4.04. The van der Waals surface area contributed by atoms with Gasteiger partial charge in [0, 0.05) is 15.1 Å². The summed E-state index contributed by atoms with van der Waals surface area (Å²) in [5, 5.41) is 0.675. The monoisotopic (exact) mass is 340 g/mol. The van der Waals surface area contributed by atoms with Gasteiger partial charge < -0.3 is 4.74 Å². The Kier molecular flexibility index (Phi) is 4.82. The van der Waals surface area contributed by atoms with Gasteiger partial charge in [0.2, 0.25) is 0 Å². The molecular weight excluding hydrogens is 328 g/mol. The normalized spacial score (nSPS) is 12.2. The third-order valence-corrected chi connectivity index (χ3v) is 3.58. The number of hydrazine groups is 1. The van der Waals surface area contributed by atoms with E-state index in [4.69, 9.17) is 22.2 Å². The topological polar surface area (TPSA) is 47.3 Å². The molecule has 3 N–H and O–H groups in total. The fourth-order valence-electron chi connectivity index (χ4n) is 1.98. The summed E-state index contributed by atoms with van der Waals surface area (Å²) < 4.78 is 6.36. The fraction of sp³-hybridized carbons (Fsp3) is 0.143. The molecule has 0 radical (unpaired) electrons. The molecule has 0 heterocycles. The molecule has 2 aromatic carbocycles. The minimum absolute atomic E-state index is 0.179. The number of hydrogen-bond acceptors (Lipinski definition) is 3. The predicted molar refractivity (Wildman–Crippen MR) is 81.3 cm³/mol. The largest absolute Gasteiger partial charge is 0.496 e. The van der Waals surface area contributed by atoms with E-state index >= 15 is 0 Å². The van der Waals surface area contributed by atoms with Crippen LogP contribution in [0.1, 0.15) is 17.2 Å². The van der Waals surface area contributed by atoms with Gasteiger partial charge in [-0.05, 0) is 29.8 Å². The lowest BCUT2D eigenvalue weighted by atomic mass is 9.98. The molecule has 1 unspecified atom stereocenters. The molecule has 0 aliphatic heterocycles. The van der Waals surface area contributed by atoms with Gasteiger partial charge in [0.05, 0.1) is 13.2 Å². The lowest BCUT2D eigenvalue weighted by Crippen LogP contribution is -2.29. The van der Waals surface area contributed by atoms with E-state index in [1.807, 2.05) is 42.5 Å². The molecule has 2 aromatic rings. The van der Waals surface area contributed by atoms with Crippen molar-refractivity contribution in [3.05, 3.63) is 63.1 Å². The number of benzene rings is 2. The van der Waals surface area contributed by atoms with Gasteiger partial charge in [0.15, 0.2) is 0 Å². The van der Waals surface area contributed by atoms with Crippen LogP contribution in [0.2, 0.25) is 5.02 Å². The van der Waals surface area contributed by atoms with Crippen LogP contribution < -0.4 is 16.0 Å². The summed E-state index contributed by atoms with van der Waals surface area (Å²) in [6.07, 6.45) is 0. The van der Waals surface area contributed by atoms with Crippen LogP contribution in [0.25, 0.3) is 0 Å². The number of hydrogen-bond donors (Lipinski definition) is 2. The van der Waals surface area contributed by atoms with E-state index in [1.54, 1.807) is 7.11 Å². The van der Waals surface area contributed by atoms with Gasteiger partial charge in [-0.2, -0.15) is 0 Å². The van der Waals surface area contributed by atoms with Crippen LogP contribution >= 0.6 is 27.5 Å². The Bertz CT molecular complexity index is 577. The zero-order valence-corrected chi connectivity index (χ0v) is 12.7. The second-order valence-corrected chi connectivity index (χ2v) is 5.39. The van der Waals surface area contributed by atoms with Gasteiger partial charge in [-0.15, -0.1) is 0 Å². The Balaban J connectivity index is 2.48. The van der Waals surface area contributed by atoms with Crippen LogP contribution in [0.5, 0.6) is 5.75 Å². The molecule has 0 fully saturated rings. The van der Waals surface area contributed by atoms with Crippen molar-refractivity contribution in [1.29, 1.82) is 0 Å². The van der Waals surface area contributed by atoms with Crippen molar-refractivity contribution in [3.8, 4) is 5.75 Å². The minimum atomic E-state index is -0.179. The number of methoxy groups -OCH3 is 1. The van der Waals surface area contributed by atoms with Gasteiger partial charge in [0.1, 0.15) is 5.75 Å². The van der Waals surface area contributed by atoms with Crippen molar-refractivity contribution in [3.63, 3.8) is 0 Å². The van der Waals surface area contributed by atoms with E-state index in [-0.39, 0.29) is 6.04 Å². The molecule has 0 aliphatic carbocycles. The number of nitrogens with one attached hydrogen (secondary N) is 1. The molecule has 0 saturated carbocycles. The van der Waals surface area contributed by atoms with Gasteiger partial charge in [-0.1, -0.05) is 45.7 Å². The number of halogens is 2. The first kappa shape index (κ1) is 14.3. The summed E-state index contributed by atoms with van der Waals surface area (Å²) in [5.74, 6) is 6.45. The van der Waals surface area contributed by atoms with Gasteiger partial charge in [-0.25, -0.2) is 5.43 Å². The molecule has 0 saturated heterocycles. The second kappa shape index (κ2) is 6.39. The van der Waals surface area contributed by atoms with Crippen LogP contribution in [0.15, 0.2) is 46.9 Å². The van der Waals surface area contributed by atoms with Crippen LogP contribution in [0.4, 0.5) is 0 Å². The van der Waals surface area contributed by atoms with Crippen molar-refractivity contribution in [1.82, 2.24) is 5.43 Å². The van der Waals surface area contributed by atoms with Crippen molar-refractivity contribution >= 4 is 27.5 Å². The molecule has 0 spiro atoms. The third-order valence-electron chi connectivity index (χ3n) is 2.86. The van der Waals surface area contributed by atoms with Gasteiger partial charge in [0.25, 0.3) is 0 Å². The lowest BCUT2D eigenvalue weighted by molar-refractivity contribution is 0.404. The average Bonchev–Trinajstić information content (AvgIpc) is 2.41. The van der Waals surface area contributed by atoms with E-state index in [0.29, 0.717) is 5.02 Å². The number of ether oxygens (including phenoxy) is 1. The predicted octanol–water partition coefficient (Wildman–Crippen LogP) is 3.66. The summed E-state index contributed by atoms with van der Waals surface area (Å²) in [4.78, 5) is 0. The minimum Gasteiger partial charge on any atom is -0.496 e. The highest BCUT2D eigenvalue weighted by Gasteiger charge is 2.17. The van der Waals surface area contributed by atoms with E-state index in [2.05, 4.69) is 21.4 Å². The maximum absolute atomic E-state index is 6.02. The van der Waals surface area contributed by atoms with Crippen LogP contribution in [-0.2, 0) is 0 Å². The first-order valence-electron chi connectivity index (χ1n) is 5.70. The first-order chi connectivity index (χ1) is 9.15. The van der Waals surface area contributed by atoms with E-state index in [1.165, 1.54) is 0 Å². The highest BCUT2D eigenvalue weighted by Crippen LogP contribution is 2.32. The molecule has 5 heteroatoms. The van der Waals surface area contributed by atoms with Crippen molar-refractivity contribution < 1.29 is 4.74 Å². The zero-order valence-electron chi connectivity index (χ0n) is 10.4. The van der Waals surface area contributed by atoms with E-state index < -0.39 is 0 Å². The lowest BCUT2D eigenvalue weighted by Gasteiger charge is -2.20. The molecule has 0 bridgehead atoms. The quantitative estimate of drug-likeness (QED) is 0.659. The Morgan fingerprint density at radius 3 is 2.68 bits per heavy atom. The Labute approximate surface area is 125 Å². The van der Waals surface area contributed by atoms with Crippen molar-refractivity contribution in [2.75, 3.05) is 7.11 Å². The maximum Gasteiger partial charge on any atom is 0.125 e. The fourth-order valence-corrected chi connectivity index (χ4v) is 2.51. The molecule has 1 atom stereocenters. The molecule has 100 valence electrons. The summed E-state index contributed by atoms with van der Waals surface area (Å²) in [5.41, 5.74) is 4.74. The average molecular weight is 342 g/mol. The number of nitrogens with two attached hydrogens (primary N) is 1. The summed E-state index contributed by atoms with van der Waals surface area (Å²) in [7, 11) is 1.64. The van der Waals surface area contributed by atoms with Crippen molar-refractivity contribution in [2.45, 2.75) is 6.04 Å². The number of rotatable bonds is 4. The SMILES string of the molecule is COc1cc(Br)ccc1C(NN)c1cccc(Cl)c1. The zero-order chi connectivity index (χ0) is 13.8. The van der Waals surface area contributed by atoms with Crippen molar-refractivity contribution in [2.24, 2.45) is 5.84 Å². The smallest absolute Gasteiger partial charge is 0.125 e.